The lowest BCUT2D eigenvalue weighted by molar-refractivity contribution is -0.146. The van der Waals surface area contributed by atoms with Crippen LogP contribution in [0.5, 0.6) is 5.75 Å². The van der Waals surface area contributed by atoms with Gasteiger partial charge < -0.3 is 20.1 Å². The molecule has 0 spiro atoms. The zero-order valence-electron chi connectivity index (χ0n) is 14.9. The molecule has 0 saturated carbocycles. The van der Waals surface area contributed by atoms with Crippen LogP contribution in [0.1, 0.15) is 15.9 Å². The first kappa shape index (κ1) is 19.9. The van der Waals surface area contributed by atoms with E-state index in [9.17, 15) is 18.8 Å². The molecule has 2 aromatic carbocycles. The van der Waals surface area contributed by atoms with Gasteiger partial charge in [0.05, 0.1) is 13.5 Å². The van der Waals surface area contributed by atoms with E-state index in [1.165, 1.54) is 38.4 Å². The average Bonchev–Trinajstić information content (AvgIpc) is 2.66. The monoisotopic (exact) mass is 374 g/mol. The highest BCUT2D eigenvalue weighted by Crippen LogP contribution is 2.18. The van der Waals surface area contributed by atoms with Gasteiger partial charge in [0.15, 0.2) is 18.2 Å². The molecule has 0 aliphatic heterocycles. The van der Waals surface area contributed by atoms with Gasteiger partial charge in [-0.15, -0.1) is 0 Å². The molecule has 0 bridgehead atoms. The molecule has 0 atom stereocenters. The standard InChI is InChI=1S/C19H19FN2O5/c1-21-19(25)13-4-3-5-14(10-13)22-17(23)11-27-18(24)9-12-6-7-16(26-2)15(20)8-12/h3-8,10H,9,11H2,1-2H3,(H,21,25)(H,22,23). The molecule has 0 aliphatic rings. The van der Waals surface area contributed by atoms with Crippen LogP contribution >= 0.6 is 0 Å². The second kappa shape index (κ2) is 9.33. The number of carbonyl (C=O) groups excluding carboxylic acids is 3. The van der Waals surface area contributed by atoms with Gasteiger partial charge in [0.25, 0.3) is 11.8 Å². The van der Waals surface area contributed by atoms with Gasteiger partial charge in [-0.3, -0.25) is 14.4 Å². The van der Waals surface area contributed by atoms with E-state index in [1.54, 1.807) is 18.2 Å². The van der Waals surface area contributed by atoms with E-state index in [0.717, 1.165) is 0 Å². The Morgan fingerprint density at radius 3 is 2.56 bits per heavy atom. The minimum Gasteiger partial charge on any atom is -0.494 e. The Hall–Kier alpha value is -3.42. The zero-order valence-corrected chi connectivity index (χ0v) is 14.9. The molecule has 142 valence electrons. The topological polar surface area (TPSA) is 93.7 Å². The summed E-state index contributed by atoms with van der Waals surface area (Å²) in [4.78, 5) is 35.3. The third-order valence-electron chi connectivity index (χ3n) is 3.56. The summed E-state index contributed by atoms with van der Waals surface area (Å²) in [6, 6.07) is 10.4. The summed E-state index contributed by atoms with van der Waals surface area (Å²) in [5.74, 6) is -2.03. The third kappa shape index (κ3) is 5.81. The first-order valence-electron chi connectivity index (χ1n) is 8.03. The summed E-state index contributed by atoms with van der Waals surface area (Å²) in [6.45, 7) is -0.498. The predicted octanol–water partition coefficient (Wildman–Crippen LogP) is 1.92. The van der Waals surface area contributed by atoms with Crippen molar-refractivity contribution in [3.05, 3.63) is 59.4 Å². The van der Waals surface area contributed by atoms with Gasteiger partial charge in [0.2, 0.25) is 0 Å². The molecule has 2 rings (SSSR count). The molecular formula is C19H19FN2O5. The summed E-state index contributed by atoms with van der Waals surface area (Å²) < 4.78 is 23.3. The largest absolute Gasteiger partial charge is 0.494 e. The fraction of sp³-hybridized carbons (Fsp3) is 0.211. The Morgan fingerprint density at radius 1 is 1.11 bits per heavy atom. The molecule has 0 heterocycles. The third-order valence-corrected chi connectivity index (χ3v) is 3.56. The van der Waals surface area contributed by atoms with Crippen molar-refractivity contribution in [3.63, 3.8) is 0 Å². The van der Waals surface area contributed by atoms with Crippen LogP contribution in [0.4, 0.5) is 10.1 Å². The number of halogens is 1. The maximum atomic E-state index is 13.6. The molecular weight excluding hydrogens is 355 g/mol. The summed E-state index contributed by atoms with van der Waals surface area (Å²) >= 11 is 0. The second-order valence-electron chi connectivity index (χ2n) is 5.51. The molecule has 2 amide bonds. The highest BCUT2D eigenvalue weighted by molar-refractivity contribution is 5.97. The fourth-order valence-electron chi connectivity index (χ4n) is 2.26. The highest BCUT2D eigenvalue weighted by atomic mass is 19.1. The number of ether oxygens (including phenoxy) is 2. The van der Waals surface area contributed by atoms with Crippen LogP contribution in [0.2, 0.25) is 0 Å². The minimum absolute atomic E-state index is 0.0745. The lowest BCUT2D eigenvalue weighted by Crippen LogP contribution is -2.22. The molecule has 7 nitrogen and oxygen atoms in total. The quantitative estimate of drug-likeness (QED) is 0.722. The van der Waals surface area contributed by atoms with Gasteiger partial charge in [0.1, 0.15) is 0 Å². The van der Waals surface area contributed by atoms with Gasteiger partial charge in [0, 0.05) is 18.3 Å². The minimum atomic E-state index is -0.672. The molecule has 8 heteroatoms. The van der Waals surface area contributed by atoms with Crippen LogP contribution in [0.25, 0.3) is 0 Å². The Labute approximate surface area is 155 Å². The smallest absolute Gasteiger partial charge is 0.310 e. The van der Waals surface area contributed by atoms with Crippen LogP contribution in [0.15, 0.2) is 42.5 Å². The van der Waals surface area contributed by atoms with Crippen molar-refractivity contribution >= 4 is 23.5 Å². The van der Waals surface area contributed by atoms with Crippen molar-refractivity contribution in [3.8, 4) is 5.75 Å². The van der Waals surface area contributed by atoms with Crippen LogP contribution < -0.4 is 15.4 Å². The summed E-state index contributed by atoms with van der Waals surface area (Å²) in [5, 5.41) is 5.01. The van der Waals surface area contributed by atoms with Crippen LogP contribution in [0.3, 0.4) is 0 Å². The number of esters is 1. The number of hydrogen-bond acceptors (Lipinski definition) is 5. The van der Waals surface area contributed by atoms with Crippen LogP contribution in [0, 0.1) is 5.82 Å². The van der Waals surface area contributed by atoms with Crippen molar-refractivity contribution < 1.29 is 28.2 Å². The van der Waals surface area contributed by atoms with Gasteiger partial charge in [-0.25, -0.2) is 4.39 Å². The molecule has 2 aromatic rings. The van der Waals surface area contributed by atoms with E-state index in [0.29, 0.717) is 16.8 Å². The van der Waals surface area contributed by atoms with E-state index >= 15 is 0 Å². The van der Waals surface area contributed by atoms with E-state index in [1.807, 2.05) is 0 Å². The first-order chi connectivity index (χ1) is 12.9. The molecule has 0 unspecified atom stereocenters. The van der Waals surface area contributed by atoms with Crippen LogP contribution in [-0.4, -0.2) is 38.5 Å². The predicted molar refractivity (Wildman–Crippen MR) is 96.1 cm³/mol. The lowest BCUT2D eigenvalue weighted by atomic mass is 10.1. The summed E-state index contributed by atoms with van der Waals surface area (Å²) in [5.41, 5.74) is 1.18. The van der Waals surface area contributed by atoms with Crippen molar-refractivity contribution in [1.82, 2.24) is 5.32 Å². The molecule has 0 radical (unpaired) electrons. The Bertz CT molecular complexity index is 854. The highest BCUT2D eigenvalue weighted by Gasteiger charge is 2.12. The number of hydrogen-bond donors (Lipinski definition) is 2. The van der Waals surface area contributed by atoms with Crippen LogP contribution in [-0.2, 0) is 20.7 Å². The van der Waals surface area contributed by atoms with Gasteiger partial charge in [-0.1, -0.05) is 12.1 Å². The number of methoxy groups -OCH3 is 1. The molecule has 27 heavy (non-hydrogen) atoms. The number of rotatable bonds is 7. The molecule has 0 aliphatic carbocycles. The first-order valence-corrected chi connectivity index (χ1v) is 8.03. The van der Waals surface area contributed by atoms with Gasteiger partial charge in [-0.2, -0.15) is 0 Å². The number of anilines is 1. The second-order valence-corrected chi connectivity index (χ2v) is 5.51. The van der Waals surface area contributed by atoms with Crippen molar-refractivity contribution in [2.45, 2.75) is 6.42 Å². The number of nitrogens with one attached hydrogen (secondary N) is 2. The van der Waals surface area contributed by atoms with Gasteiger partial charge >= 0.3 is 5.97 Å². The number of amides is 2. The van der Waals surface area contributed by atoms with Crippen molar-refractivity contribution in [1.29, 1.82) is 0 Å². The maximum absolute atomic E-state index is 13.6. The number of carbonyl (C=O) groups is 3. The average molecular weight is 374 g/mol. The fourth-order valence-corrected chi connectivity index (χ4v) is 2.26. The van der Waals surface area contributed by atoms with E-state index < -0.39 is 24.3 Å². The Balaban J connectivity index is 1.85. The number of benzene rings is 2. The summed E-state index contributed by atoms with van der Waals surface area (Å²) in [6.07, 6.45) is -0.180. The maximum Gasteiger partial charge on any atom is 0.310 e. The molecule has 0 fully saturated rings. The zero-order chi connectivity index (χ0) is 19.8. The van der Waals surface area contributed by atoms with Gasteiger partial charge in [-0.05, 0) is 35.9 Å². The van der Waals surface area contributed by atoms with E-state index in [-0.39, 0.29) is 18.1 Å². The normalized spacial score (nSPS) is 10.0. The summed E-state index contributed by atoms with van der Waals surface area (Å²) in [7, 11) is 2.84. The van der Waals surface area contributed by atoms with E-state index in [2.05, 4.69) is 10.6 Å². The SMILES string of the molecule is CNC(=O)c1cccc(NC(=O)COC(=O)Cc2ccc(OC)c(F)c2)c1. The Kier molecular flexibility index (Phi) is 6.87. The molecule has 0 aromatic heterocycles. The lowest BCUT2D eigenvalue weighted by Gasteiger charge is -2.08. The molecule has 2 N–H and O–H groups in total. The van der Waals surface area contributed by atoms with Crippen molar-refractivity contribution in [2.24, 2.45) is 0 Å². The van der Waals surface area contributed by atoms with Crippen molar-refractivity contribution in [2.75, 3.05) is 26.1 Å². The van der Waals surface area contributed by atoms with E-state index in [4.69, 9.17) is 9.47 Å². The Morgan fingerprint density at radius 2 is 1.89 bits per heavy atom. The molecule has 0 saturated heterocycles.